The van der Waals surface area contributed by atoms with Gasteiger partial charge in [0.2, 0.25) is 0 Å². The lowest BCUT2D eigenvalue weighted by Crippen LogP contribution is -2.22. The average Bonchev–Trinajstić information content (AvgIpc) is 2.82. The summed E-state index contributed by atoms with van der Waals surface area (Å²) in [7, 11) is 1.56. The van der Waals surface area contributed by atoms with Gasteiger partial charge in [0.1, 0.15) is 24.2 Å². The van der Waals surface area contributed by atoms with Crippen LogP contribution in [0.2, 0.25) is 0 Å². The van der Waals surface area contributed by atoms with Crippen molar-refractivity contribution in [3.8, 4) is 11.5 Å². The largest absolute Gasteiger partial charge is 0.497 e. The molecule has 0 radical (unpaired) electrons. The van der Waals surface area contributed by atoms with Crippen molar-refractivity contribution in [1.29, 1.82) is 0 Å². The van der Waals surface area contributed by atoms with E-state index in [9.17, 15) is 9.59 Å². The molecule has 0 fully saturated rings. The lowest BCUT2D eigenvalue weighted by Gasteiger charge is -2.23. The molecule has 178 valence electrons. The minimum absolute atomic E-state index is 0.0893. The van der Waals surface area contributed by atoms with Crippen molar-refractivity contribution in [3.05, 3.63) is 65.7 Å². The number of anilines is 1. The predicted octanol–water partition coefficient (Wildman–Crippen LogP) is 4.50. The molecular formula is C25H31NO7. The molecule has 0 spiro atoms. The summed E-state index contributed by atoms with van der Waals surface area (Å²) in [6.45, 7) is 5.62. The predicted molar refractivity (Wildman–Crippen MR) is 124 cm³/mol. The highest BCUT2D eigenvalue weighted by molar-refractivity contribution is 5.88. The van der Waals surface area contributed by atoms with Crippen molar-refractivity contribution in [1.82, 2.24) is 0 Å². The highest BCUT2D eigenvalue weighted by Crippen LogP contribution is 2.30. The number of carbonyl (C=O) groups is 2. The molecular weight excluding hydrogens is 426 g/mol. The number of aliphatic hydroxyl groups excluding tert-OH is 1. The van der Waals surface area contributed by atoms with Gasteiger partial charge in [0.05, 0.1) is 20.3 Å². The van der Waals surface area contributed by atoms with E-state index < -0.39 is 18.2 Å². The Hall–Kier alpha value is -3.52. The Balaban J connectivity index is 2.22. The number of benzene rings is 2. The number of methoxy groups -OCH3 is 1. The normalized spacial score (nSPS) is 12.9. The van der Waals surface area contributed by atoms with Crippen LogP contribution in [0.4, 0.5) is 10.5 Å². The van der Waals surface area contributed by atoms with Crippen molar-refractivity contribution < 1.29 is 33.6 Å². The first-order valence-electron chi connectivity index (χ1n) is 10.7. The standard InChI is InChI=1S/C25H31NO7/c1-5-31-24(28)18(3)16-17(2)23(19-6-10-22(11-7-19)32-15-14-27)33-25(29)26-20-8-12-21(30-4)13-9-20/h6-13,16-17,23,27H,5,14-15H2,1-4H3,(H,26,29)/b18-16+/t17-,23-/m0/s1. The van der Waals surface area contributed by atoms with Gasteiger partial charge in [-0.2, -0.15) is 0 Å². The van der Waals surface area contributed by atoms with Gasteiger partial charge in [-0.1, -0.05) is 25.1 Å². The summed E-state index contributed by atoms with van der Waals surface area (Å²) < 4.78 is 21.3. The topological polar surface area (TPSA) is 103 Å². The molecule has 1 amide bonds. The van der Waals surface area contributed by atoms with Gasteiger partial charge in [-0.15, -0.1) is 0 Å². The Morgan fingerprint density at radius 1 is 1.06 bits per heavy atom. The van der Waals surface area contributed by atoms with Crippen LogP contribution in [0.15, 0.2) is 60.2 Å². The number of rotatable bonds is 11. The third-order valence-corrected chi connectivity index (χ3v) is 4.73. The first-order valence-corrected chi connectivity index (χ1v) is 10.7. The van der Waals surface area contributed by atoms with E-state index in [0.717, 1.165) is 5.56 Å². The van der Waals surface area contributed by atoms with E-state index in [1.165, 1.54) is 0 Å². The molecule has 2 aromatic carbocycles. The summed E-state index contributed by atoms with van der Waals surface area (Å²) >= 11 is 0. The fraction of sp³-hybridized carbons (Fsp3) is 0.360. The summed E-state index contributed by atoms with van der Waals surface area (Å²) in [6.07, 6.45) is 0.402. The quantitative estimate of drug-likeness (QED) is 0.378. The van der Waals surface area contributed by atoms with Crippen LogP contribution in [-0.4, -0.2) is 44.1 Å². The zero-order valence-electron chi connectivity index (χ0n) is 19.4. The Morgan fingerprint density at radius 2 is 1.70 bits per heavy atom. The lowest BCUT2D eigenvalue weighted by molar-refractivity contribution is -0.138. The Bertz CT molecular complexity index is 923. The van der Waals surface area contributed by atoms with Gasteiger partial charge in [-0.25, -0.2) is 9.59 Å². The number of nitrogens with one attached hydrogen (secondary N) is 1. The van der Waals surface area contributed by atoms with Gasteiger partial charge in [0.15, 0.2) is 0 Å². The fourth-order valence-electron chi connectivity index (χ4n) is 3.13. The number of ether oxygens (including phenoxy) is 4. The van der Waals surface area contributed by atoms with Crippen LogP contribution >= 0.6 is 0 Å². The molecule has 8 nitrogen and oxygen atoms in total. The number of hydrogen-bond donors (Lipinski definition) is 2. The number of aliphatic hydroxyl groups is 1. The molecule has 2 rings (SSSR count). The van der Waals surface area contributed by atoms with E-state index in [1.54, 1.807) is 75.6 Å². The first kappa shape index (κ1) is 25.7. The molecule has 2 atom stereocenters. The number of carbonyl (C=O) groups excluding carboxylic acids is 2. The van der Waals surface area contributed by atoms with Gasteiger partial charge in [0.25, 0.3) is 0 Å². The van der Waals surface area contributed by atoms with Gasteiger partial charge in [-0.05, 0) is 55.8 Å². The maximum Gasteiger partial charge on any atom is 0.412 e. The van der Waals surface area contributed by atoms with Crippen molar-refractivity contribution in [2.75, 3.05) is 32.2 Å². The number of hydrogen-bond acceptors (Lipinski definition) is 7. The fourth-order valence-corrected chi connectivity index (χ4v) is 3.13. The van der Waals surface area contributed by atoms with E-state index in [-0.39, 0.29) is 25.7 Å². The second kappa shape index (κ2) is 13.1. The van der Waals surface area contributed by atoms with Crippen molar-refractivity contribution in [2.45, 2.75) is 26.9 Å². The average molecular weight is 458 g/mol. The van der Waals surface area contributed by atoms with Crippen LogP contribution in [0.3, 0.4) is 0 Å². The number of esters is 1. The van der Waals surface area contributed by atoms with E-state index in [2.05, 4.69) is 5.32 Å². The summed E-state index contributed by atoms with van der Waals surface area (Å²) in [5.74, 6) is 0.502. The maximum absolute atomic E-state index is 12.7. The molecule has 0 aliphatic heterocycles. The molecule has 0 saturated carbocycles. The second-order valence-corrected chi connectivity index (χ2v) is 7.25. The molecule has 2 aromatic rings. The van der Waals surface area contributed by atoms with Crippen LogP contribution in [0.5, 0.6) is 11.5 Å². The van der Waals surface area contributed by atoms with Crippen LogP contribution in [0, 0.1) is 5.92 Å². The highest BCUT2D eigenvalue weighted by Gasteiger charge is 2.24. The van der Waals surface area contributed by atoms with Crippen molar-refractivity contribution in [2.24, 2.45) is 5.92 Å². The summed E-state index contributed by atoms with van der Waals surface area (Å²) in [5.41, 5.74) is 1.70. The summed E-state index contributed by atoms with van der Waals surface area (Å²) in [6, 6.07) is 13.9. The molecule has 0 saturated heterocycles. The Kier molecular flexibility index (Phi) is 10.2. The van der Waals surface area contributed by atoms with Crippen LogP contribution < -0.4 is 14.8 Å². The Labute approximate surface area is 194 Å². The molecule has 0 aliphatic carbocycles. The minimum Gasteiger partial charge on any atom is -0.497 e. The van der Waals surface area contributed by atoms with Gasteiger partial charge >= 0.3 is 12.1 Å². The first-order chi connectivity index (χ1) is 15.9. The molecule has 2 N–H and O–H groups in total. The van der Waals surface area contributed by atoms with Crippen molar-refractivity contribution >= 4 is 17.7 Å². The van der Waals surface area contributed by atoms with E-state index >= 15 is 0 Å². The van der Waals surface area contributed by atoms with Crippen LogP contribution in [0.1, 0.15) is 32.4 Å². The van der Waals surface area contributed by atoms with Gasteiger partial charge < -0.3 is 24.1 Å². The van der Waals surface area contributed by atoms with Gasteiger partial charge in [0, 0.05) is 17.2 Å². The third kappa shape index (κ3) is 8.16. The smallest absolute Gasteiger partial charge is 0.412 e. The van der Waals surface area contributed by atoms with Crippen molar-refractivity contribution in [3.63, 3.8) is 0 Å². The van der Waals surface area contributed by atoms with E-state index in [1.807, 2.05) is 6.92 Å². The molecule has 8 heteroatoms. The van der Waals surface area contributed by atoms with Crippen LogP contribution in [-0.2, 0) is 14.3 Å². The van der Waals surface area contributed by atoms with Gasteiger partial charge in [-0.3, -0.25) is 5.32 Å². The molecule has 0 bridgehead atoms. The SMILES string of the molecule is CCOC(=O)/C(C)=C/[C@H](C)[C@H](OC(=O)Nc1ccc(OC)cc1)c1ccc(OCCO)cc1. The molecule has 0 aromatic heterocycles. The van der Waals surface area contributed by atoms with E-state index in [4.69, 9.17) is 24.1 Å². The zero-order valence-corrected chi connectivity index (χ0v) is 19.4. The van der Waals surface area contributed by atoms with Crippen LogP contribution in [0.25, 0.3) is 0 Å². The molecule has 33 heavy (non-hydrogen) atoms. The maximum atomic E-state index is 12.7. The third-order valence-electron chi connectivity index (χ3n) is 4.73. The monoisotopic (exact) mass is 457 g/mol. The minimum atomic E-state index is -0.681. The molecule has 0 aliphatic rings. The molecule has 0 heterocycles. The second-order valence-electron chi connectivity index (χ2n) is 7.25. The lowest BCUT2D eigenvalue weighted by atomic mass is 9.95. The summed E-state index contributed by atoms with van der Waals surface area (Å²) in [4.78, 5) is 24.7. The molecule has 0 unspecified atom stereocenters. The number of amides is 1. The zero-order chi connectivity index (χ0) is 24.2. The highest BCUT2D eigenvalue weighted by atomic mass is 16.6. The van der Waals surface area contributed by atoms with E-state index in [0.29, 0.717) is 22.8 Å². The Morgan fingerprint density at radius 3 is 2.27 bits per heavy atom. The summed E-state index contributed by atoms with van der Waals surface area (Å²) in [5, 5.41) is 11.6.